The number of nitrogens with zero attached hydrogens (tertiary/aromatic N) is 1. The van der Waals surface area contributed by atoms with Gasteiger partial charge in [-0.15, -0.1) is 0 Å². The molecule has 0 bridgehead atoms. The van der Waals surface area contributed by atoms with Crippen LogP contribution in [0.4, 0.5) is 18.9 Å². The van der Waals surface area contributed by atoms with Crippen molar-refractivity contribution in [1.29, 1.82) is 0 Å². The topological polar surface area (TPSA) is 63.4 Å². The van der Waals surface area contributed by atoms with Crippen molar-refractivity contribution in [2.75, 3.05) is 0 Å². The average Bonchev–Trinajstić information content (AvgIpc) is 2.72. The predicted octanol–water partition coefficient (Wildman–Crippen LogP) is 4.30. The second-order valence-electron chi connectivity index (χ2n) is 5.83. The van der Waals surface area contributed by atoms with Gasteiger partial charge >= 0.3 is 0 Å². The lowest BCUT2D eigenvalue weighted by Gasteiger charge is -2.23. The molecular weight excluding hydrogens is 371 g/mol. The monoisotopic (exact) mass is 383 g/mol. The summed E-state index contributed by atoms with van der Waals surface area (Å²) >= 11 is 0. The summed E-state index contributed by atoms with van der Waals surface area (Å²) in [6.07, 6.45) is 0. The van der Waals surface area contributed by atoms with E-state index < -0.39 is 39.2 Å². The number of hydrogen-bond acceptors (Lipinski definition) is 3. The Morgan fingerprint density at radius 3 is 1.86 bits per heavy atom. The molecule has 7 heteroatoms. The summed E-state index contributed by atoms with van der Waals surface area (Å²) in [7, 11) is 0. The Labute approximate surface area is 158 Å². The van der Waals surface area contributed by atoms with E-state index >= 15 is 0 Å². The molecule has 0 aromatic heterocycles. The van der Waals surface area contributed by atoms with Gasteiger partial charge in [-0.3, -0.25) is 10.1 Å². The summed E-state index contributed by atoms with van der Waals surface area (Å²) in [6, 6.07) is 16.5. The summed E-state index contributed by atoms with van der Waals surface area (Å²) in [5.41, 5.74) is -3.31. The van der Waals surface area contributed by atoms with Gasteiger partial charge in [0.15, 0.2) is 23.1 Å². The Balaban J connectivity index is 2.25. The van der Waals surface area contributed by atoms with Crippen molar-refractivity contribution in [1.82, 2.24) is 0 Å². The largest absolute Gasteiger partial charge is 0.369 e. The first kappa shape index (κ1) is 19.1. The van der Waals surface area contributed by atoms with Gasteiger partial charge < -0.3 is 5.11 Å². The van der Waals surface area contributed by atoms with E-state index in [4.69, 9.17) is 0 Å². The van der Waals surface area contributed by atoms with Crippen molar-refractivity contribution in [3.05, 3.63) is 111 Å². The van der Waals surface area contributed by atoms with E-state index in [0.717, 1.165) is 0 Å². The number of halogens is 3. The molecule has 0 aliphatic carbocycles. The van der Waals surface area contributed by atoms with Gasteiger partial charge in [-0.25, -0.2) is 13.2 Å². The van der Waals surface area contributed by atoms with E-state index in [0.29, 0.717) is 11.1 Å². The minimum atomic E-state index is -1.96. The van der Waals surface area contributed by atoms with Gasteiger partial charge in [-0.2, -0.15) is 0 Å². The van der Waals surface area contributed by atoms with Crippen LogP contribution in [-0.2, 0) is 5.60 Å². The number of aliphatic hydroxyl groups is 1. The Hall–Kier alpha value is -3.63. The summed E-state index contributed by atoms with van der Waals surface area (Å²) in [5, 5.41) is 22.3. The summed E-state index contributed by atoms with van der Waals surface area (Å²) in [4.78, 5) is 10.1. The van der Waals surface area contributed by atoms with Crippen molar-refractivity contribution in [2.24, 2.45) is 0 Å². The van der Waals surface area contributed by atoms with Gasteiger partial charge in [-0.05, 0) is 0 Å². The summed E-state index contributed by atoms with van der Waals surface area (Å²) in [5.74, 6) is -0.819. The molecule has 0 fully saturated rings. The van der Waals surface area contributed by atoms with Crippen LogP contribution in [0.1, 0.15) is 16.7 Å². The number of nitro benzene ring substituents is 1. The van der Waals surface area contributed by atoms with Crippen LogP contribution in [0.2, 0.25) is 0 Å². The number of hydrogen-bond donors (Lipinski definition) is 1. The first-order valence-electron chi connectivity index (χ1n) is 8.03. The fourth-order valence-corrected chi connectivity index (χ4v) is 2.67. The molecule has 140 valence electrons. The lowest BCUT2D eigenvalue weighted by molar-refractivity contribution is -0.385. The second-order valence-corrected chi connectivity index (χ2v) is 5.83. The molecule has 28 heavy (non-hydrogen) atoms. The van der Waals surface area contributed by atoms with Crippen LogP contribution >= 0.6 is 0 Å². The normalized spacial score (nSPS) is 10.9. The first-order valence-corrected chi connectivity index (χ1v) is 8.03. The molecule has 4 nitrogen and oxygen atoms in total. The van der Waals surface area contributed by atoms with Crippen molar-refractivity contribution < 1.29 is 23.2 Å². The van der Waals surface area contributed by atoms with E-state index in [1.807, 2.05) is 0 Å². The van der Waals surface area contributed by atoms with Crippen LogP contribution in [0.25, 0.3) is 0 Å². The fraction of sp³-hybridized carbons (Fsp3) is 0.0476. The van der Waals surface area contributed by atoms with Gasteiger partial charge in [0.2, 0.25) is 0 Å². The Bertz CT molecular complexity index is 1050. The van der Waals surface area contributed by atoms with Crippen LogP contribution < -0.4 is 0 Å². The lowest BCUT2D eigenvalue weighted by atomic mass is 9.86. The lowest BCUT2D eigenvalue weighted by Crippen LogP contribution is -2.25. The highest BCUT2D eigenvalue weighted by atomic mass is 19.2. The molecule has 0 amide bonds. The van der Waals surface area contributed by atoms with Crippen LogP contribution in [0.15, 0.2) is 66.7 Å². The SMILES string of the molecule is O=[N+]([O-])c1cc(F)c(F)c(F)c1C#CC(O)(c1ccccc1)c1ccccc1. The molecule has 3 aromatic rings. The molecule has 3 rings (SSSR count). The molecule has 0 spiro atoms. The van der Waals surface area contributed by atoms with E-state index in [-0.39, 0.29) is 6.07 Å². The van der Waals surface area contributed by atoms with Gasteiger partial charge in [0.1, 0.15) is 5.56 Å². The maximum absolute atomic E-state index is 14.2. The molecule has 0 saturated heterocycles. The maximum atomic E-state index is 14.2. The van der Waals surface area contributed by atoms with E-state index in [1.165, 1.54) is 0 Å². The highest BCUT2D eigenvalue weighted by Crippen LogP contribution is 2.30. The Kier molecular flexibility index (Phi) is 5.16. The van der Waals surface area contributed by atoms with E-state index in [1.54, 1.807) is 60.7 Å². The van der Waals surface area contributed by atoms with E-state index in [2.05, 4.69) is 11.8 Å². The van der Waals surface area contributed by atoms with Crippen LogP contribution in [0.3, 0.4) is 0 Å². The van der Waals surface area contributed by atoms with Crippen LogP contribution in [0, 0.1) is 39.4 Å². The van der Waals surface area contributed by atoms with Crippen molar-refractivity contribution >= 4 is 5.69 Å². The minimum Gasteiger partial charge on any atom is -0.369 e. The number of rotatable bonds is 3. The fourth-order valence-electron chi connectivity index (χ4n) is 2.67. The summed E-state index contributed by atoms with van der Waals surface area (Å²) < 4.78 is 41.1. The van der Waals surface area contributed by atoms with Crippen molar-refractivity contribution in [2.45, 2.75) is 5.60 Å². The predicted molar refractivity (Wildman–Crippen MR) is 95.7 cm³/mol. The molecule has 3 aromatic carbocycles. The molecule has 0 aliphatic rings. The standard InChI is InChI=1S/C21H12F3NO3/c22-17-13-18(25(27)28)16(19(23)20(17)24)11-12-21(26,14-7-3-1-4-8-14)15-9-5-2-6-10-15/h1-10,13,26H. The zero-order valence-corrected chi connectivity index (χ0v) is 14.2. The minimum absolute atomic E-state index is 0.256. The smallest absolute Gasteiger partial charge is 0.291 e. The molecule has 1 N–H and O–H groups in total. The first-order chi connectivity index (χ1) is 13.3. The van der Waals surface area contributed by atoms with Gasteiger partial charge in [0.05, 0.1) is 11.0 Å². The second kappa shape index (κ2) is 7.55. The molecule has 0 saturated carbocycles. The van der Waals surface area contributed by atoms with E-state index in [9.17, 15) is 28.4 Å². The Morgan fingerprint density at radius 1 is 0.893 bits per heavy atom. The van der Waals surface area contributed by atoms with Crippen molar-refractivity contribution in [3.63, 3.8) is 0 Å². The summed E-state index contributed by atoms with van der Waals surface area (Å²) in [6.45, 7) is 0. The van der Waals surface area contributed by atoms with Gasteiger partial charge in [0.25, 0.3) is 5.69 Å². The number of nitro groups is 1. The molecule has 0 unspecified atom stereocenters. The molecular formula is C21H12F3NO3. The third-order valence-corrected chi connectivity index (χ3v) is 4.09. The highest BCUT2D eigenvalue weighted by molar-refractivity contribution is 5.55. The van der Waals surface area contributed by atoms with Gasteiger partial charge in [-0.1, -0.05) is 72.5 Å². The molecule has 0 heterocycles. The third-order valence-electron chi connectivity index (χ3n) is 4.09. The zero-order chi connectivity index (χ0) is 20.3. The van der Waals surface area contributed by atoms with Gasteiger partial charge in [0, 0.05) is 11.1 Å². The zero-order valence-electron chi connectivity index (χ0n) is 14.2. The van der Waals surface area contributed by atoms with Crippen LogP contribution in [0.5, 0.6) is 0 Å². The maximum Gasteiger partial charge on any atom is 0.291 e. The third kappa shape index (κ3) is 3.46. The molecule has 0 radical (unpaired) electrons. The van der Waals surface area contributed by atoms with Crippen LogP contribution in [-0.4, -0.2) is 10.0 Å². The average molecular weight is 383 g/mol. The molecule has 0 aliphatic heterocycles. The number of benzene rings is 3. The highest BCUT2D eigenvalue weighted by Gasteiger charge is 2.30. The molecule has 0 atom stereocenters. The Morgan fingerprint density at radius 2 is 1.39 bits per heavy atom. The van der Waals surface area contributed by atoms with Crippen molar-refractivity contribution in [3.8, 4) is 11.8 Å². The quantitative estimate of drug-likeness (QED) is 0.317.